The number of piperazine rings is 1. The summed E-state index contributed by atoms with van der Waals surface area (Å²) in [6, 6.07) is 0.357. The third kappa shape index (κ3) is 3.45. The van der Waals surface area contributed by atoms with Gasteiger partial charge in [0.1, 0.15) is 4.90 Å². The first-order chi connectivity index (χ1) is 10.0. The van der Waals surface area contributed by atoms with Gasteiger partial charge in [-0.3, -0.25) is 10.00 Å². The van der Waals surface area contributed by atoms with Gasteiger partial charge in [0.2, 0.25) is 10.0 Å². The zero-order valence-corrected chi connectivity index (χ0v) is 13.6. The van der Waals surface area contributed by atoms with Crippen molar-refractivity contribution >= 4 is 10.0 Å². The molecule has 1 aliphatic rings. The number of aromatic amines is 1. The van der Waals surface area contributed by atoms with Crippen molar-refractivity contribution in [2.45, 2.75) is 37.6 Å². The van der Waals surface area contributed by atoms with Crippen LogP contribution in [0.5, 0.6) is 0 Å². The lowest BCUT2D eigenvalue weighted by molar-refractivity contribution is 0.133. The van der Waals surface area contributed by atoms with Gasteiger partial charge in [0.05, 0.1) is 11.9 Å². The van der Waals surface area contributed by atoms with Gasteiger partial charge < -0.3 is 5.73 Å². The molecule has 0 saturated carbocycles. The molecule has 0 amide bonds. The van der Waals surface area contributed by atoms with Crippen LogP contribution in [0.15, 0.2) is 11.1 Å². The van der Waals surface area contributed by atoms with E-state index in [0.717, 1.165) is 25.9 Å². The van der Waals surface area contributed by atoms with Gasteiger partial charge in [0, 0.05) is 38.8 Å². The molecule has 1 atom stereocenters. The quantitative estimate of drug-likeness (QED) is 0.779. The minimum Gasteiger partial charge on any atom is -0.329 e. The van der Waals surface area contributed by atoms with Gasteiger partial charge >= 0.3 is 0 Å². The van der Waals surface area contributed by atoms with E-state index in [4.69, 9.17) is 5.73 Å². The topological polar surface area (TPSA) is 95.3 Å². The Kier molecular flexibility index (Phi) is 5.37. The molecule has 0 aliphatic carbocycles. The normalized spacial score (nSPS) is 19.8. The monoisotopic (exact) mass is 315 g/mol. The molecule has 2 rings (SSSR count). The van der Waals surface area contributed by atoms with Crippen molar-refractivity contribution in [1.29, 1.82) is 0 Å². The van der Waals surface area contributed by atoms with Crippen LogP contribution in [-0.4, -0.2) is 66.6 Å². The number of aryl methyl sites for hydroxylation is 1. The van der Waals surface area contributed by atoms with Crippen molar-refractivity contribution in [2.24, 2.45) is 5.73 Å². The van der Waals surface area contributed by atoms with Gasteiger partial charge in [-0.1, -0.05) is 13.3 Å². The Morgan fingerprint density at radius 3 is 2.52 bits per heavy atom. The lowest BCUT2D eigenvalue weighted by Gasteiger charge is -2.38. The summed E-state index contributed by atoms with van der Waals surface area (Å²) < 4.78 is 26.7. The molecular weight excluding hydrogens is 290 g/mol. The van der Waals surface area contributed by atoms with Crippen molar-refractivity contribution in [2.75, 3.05) is 32.7 Å². The van der Waals surface area contributed by atoms with Gasteiger partial charge in [-0.05, 0) is 13.3 Å². The van der Waals surface area contributed by atoms with Gasteiger partial charge in [0.15, 0.2) is 0 Å². The van der Waals surface area contributed by atoms with Crippen LogP contribution in [0.3, 0.4) is 0 Å². The molecule has 2 heterocycles. The van der Waals surface area contributed by atoms with E-state index in [1.807, 2.05) is 0 Å². The standard InChI is InChI=1S/C13H25N5O2S/c1-3-4-12(9-14)17-5-7-18(8-6-17)21(19,20)13-10-15-16-11(13)2/h10,12H,3-9,14H2,1-2H3,(H,15,16). The Morgan fingerprint density at radius 2 is 2.05 bits per heavy atom. The molecule has 1 unspecified atom stereocenters. The Bertz CT molecular complexity index is 549. The molecule has 1 aliphatic heterocycles. The van der Waals surface area contributed by atoms with Crippen LogP contribution in [0.1, 0.15) is 25.5 Å². The number of hydrogen-bond acceptors (Lipinski definition) is 5. The van der Waals surface area contributed by atoms with E-state index in [-0.39, 0.29) is 4.90 Å². The summed E-state index contributed by atoms with van der Waals surface area (Å²) in [5, 5.41) is 6.49. The third-order valence-corrected chi connectivity index (χ3v) is 6.10. The minimum absolute atomic E-state index is 0.278. The van der Waals surface area contributed by atoms with E-state index in [0.29, 0.717) is 31.4 Å². The van der Waals surface area contributed by atoms with Gasteiger partial charge in [-0.25, -0.2) is 8.42 Å². The fourth-order valence-corrected chi connectivity index (χ4v) is 4.37. The summed E-state index contributed by atoms with van der Waals surface area (Å²) in [5.41, 5.74) is 6.41. The van der Waals surface area contributed by atoms with Crippen LogP contribution in [0.4, 0.5) is 0 Å². The highest BCUT2D eigenvalue weighted by molar-refractivity contribution is 7.89. The van der Waals surface area contributed by atoms with Crippen molar-refractivity contribution in [1.82, 2.24) is 19.4 Å². The van der Waals surface area contributed by atoms with Crippen molar-refractivity contribution in [3.8, 4) is 0 Å². The Morgan fingerprint density at radius 1 is 1.38 bits per heavy atom. The molecule has 0 spiro atoms. The molecule has 120 valence electrons. The fourth-order valence-electron chi connectivity index (χ4n) is 2.83. The molecule has 0 bridgehead atoms. The van der Waals surface area contributed by atoms with Crippen molar-refractivity contribution in [3.63, 3.8) is 0 Å². The summed E-state index contributed by atoms with van der Waals surface area (Å²) >= 11 is 0. The number of H-pyrrole nitrogens is 1. The summed E-state index contributed by atoms with van der Waals surface area (Å²) in [5.74, 6) is 0. The molecule has 0 radical (unpaired) electrons. The van der Waals surface area contributed by atoms with Gasteiger partial charge in [0.25, 0.3) is 0 Å². The molecule has 1 saturated heterocycles. The van der Waals surface area contributed by atoms with Crippen molar-refractivity contribution in [3.05, 3.63) is 11.9 Å². The second-order valence-corrected chi connectivity index (χ2v) is 7.38. The highest BCUT2D eigenvalue weighted by Gasteiger charge is 2.31. The zero-order valence-electron chi connectivity index (χ0n) is 12.7. The van der Waals surface area contributed by atoms with Gasteiger partial charge in [-0.2, -0.15) is 9.40 Å². The Balaban J connectivity index is 2.02. The van der Waals surface area contributed by atoms with E-state index in [9.17, 15) is 8.42 Å². The molecule has 8 heteroatoms. The Labute approximate surface area is 126 Å². The lowest BCUT2D eigenvalue weighted by atomic mass is 10.1. The van der Waals surface area contributed by atoms with Gasteiger partial charge in [-0.15, -0.1) is 0 Å². The van der Waals surface area contributed by atoms with Crippen LogP contribution >= 0.6 is 0 Å². The van der Waals surface area contributed by atoms with Crippen molar-refractivity contribution < 1.29 is 8.42 Å². The molecule has 0 aromatic carbocycles. The number of hydrogen-bond donors (Lipinski definition) is 2. The third-order valence-electron chi connectivity index (χ3n) is 4.09. The number of aromatic nitrogens is 2. The molecular formula is C13H25N5O2S. The first-order valence-electron chi connectivity index (χ1n) is 7.45. The molecule has 3 N–H and O–H groups in total. The van der Waals surface area contributed by atoms with Crippen LogP contribution in [0, 0.1) is 6.92 Å². The number of nitrogens with two attached hydrogens (primary N) is 1. The maximum Gasteiger partial charge on any atom is 0.246 e. The van der Waals surface area contributed by atoms with E-state index < -0.39 is 10.0 Å². The van der Waals surface area contributed by atoms with E-state index in [1.165, 1.54) is 6.20 Å². The number of nitrogens with zero attached hydrogens (tertiary/aromatic N) is 3. The molecule has 1 aromatic rings. The summed E-state index contributed by atoms with van der Waals surface area (Å²) in [6.07, 6.45) is 3.54. The first-order valence-corrected chi connectivity index (χ1v) is 8.89. The minimum atomic E-state index is -3.44. The highest BCUT2D eigenvalue weighted by atomic mass is 32.2. The summed E-state index contributed by atoms with van der Waals surface area (Å²) in [6.45, 7) is 6.98. The number of sulfonamides is 1. The largest absolute Gasteiger partial charge is 0.329 e. The first kappa shape index (κ1) is 16.4. The highest BCUT2D eigenvalue weighted by Crippen LogP contribution is 2.20. The van der Waals surface area contributed by atoms with E-state index >= 15 is 0 Å². The lowest BCUT2D eigenvalue weighted by Crippen LogP contribution is -2.53. The second-order valence-electron chi connectivity index (χ2n) is 5.48. The molecule has 7 nitrogen and oxygen atoms in total. The smallest absolute Gasteiger partial charge is 0.246 e. The van der Waals surface area contributed by atoms with Crippen LogP contribution in [0.2, 0.25) is 0 Å². The second kappa shape index (κ2) is 6.87. The average molecular weight is 315 g/mol. The predicted octanol–water partition coefficient (Wildman–Crippen LogP) is 0.152. The molecule has 1 fully saturated rings. The van der Waals surface area contributed by atoms with Crippen LogP contribution in [-0.2, 0) is 10.0 Å². The van der Waals surface area contributed by atoms with E-state index in [2.05, 4.69) is 22.0 Å². The SMILES string of the molecule is CCCC(CN)N1CCN(S(=O)(=O)c2cn[nH]c2C)CC1. The van der Waals surface area contributed by atoms with E-state index in [1.54, 1.807) is 11.2 Å². The number of nitrogens with one attached hydrogen (secondary N) is 1. The predicted molar refractivity (Wildman–Crippen MR) is 81.4 cm³/mol. The average Bonchev–Trinajstić information content (AvgIpc) is 2.92. The fraction of sp³-hybridized carbons (Fsp3) is 0.769. The Hall–Kier alpha value is -0.960. The maximum atomic E-state index is 12.6. The summed E-state index contributed by atoms with van der Waals surface area (Å²) in [4.78, 5) is 2.58. The molecule has 21 heavy (non-hydrogen) atoms. The molecule has 1 aromatic heterocycles. The van der Waals surface area contributed by atoms with Crippen LogP contribution in [0.25, 0.3) is 0 Å². The zero-order chi connectivity index (χ0) is 15.5. The maximum absolute atomic E-state index is 12.6. The number of rotatable bonds is 6. The summed E-state index contributed by atoms with van der Waals surface area (Å²) in [7, 11) is -3.44. The van der Waals surface area contributed by atoms with Crippen LogP contribution < -0.4 is 5.73 Å².